The number of carbonyl (C=O) groups excluding carboxylic acids is 2. The highest BCUT2D eigenvalue weighted by atomic mass is 32.2. The van der Waals surface area contributed by atoms with Gasteiger partial charge >= 0.3 is 0 Å². The van der Waals surface area contributed by atoms with E-state index in [4.69, 9.17) is 0 Å². The molecular formula is C16H19N5O2S. The van der Waals surface area contributed by atoms with Gasteiger partial charge in [0.15, 0.2) is 11.5 Å². The lowest BCUT2D eigenvalue weighted by atomic mass is 10.2. The Hall–Kier alpha value is -2.09. The van der Waals surface area contributed by atoms with Crippen molar-refractivity contribution in [3.8, 4) is 0 Å². The number of thioether (sulfide) groups is 1. The molecule has 2 aliphatic heterocycles. The fourth-order valence-corrected chi connectivity index (χ4v) is 4.28. The van der Waals surface area contributed by atoms with Crippen LogP contribution in [-0.2, 0) is 4.79 Å². The van der Waals surface area contributed by atoms with Crippen molar-refractivity contribution >= 4 is 28.6 Å². The van der Waals surface area contributed by atoms with Crippen LogP contribution in [0.2, 0.25) is 0 Å². The molecule has 2 aromatic rings. The van der Waals surface area contributed by atoms with E-state index in [1.165, 1.54) is 11.8 Å². The molecule has 7 nitrogen and oxygen atoms in total. The number of carbonyl (C=O) groups is 2. The average Bonchev–Trinajstić information content (AvgIpc) is 3.31. The second kappa shape index (κ2) is 6.43. The van der Waals surface area contributed by atoms with E-state index in [1.807, 2.05) is 33.7 Å². The Bertz CT molecular complexity index is 777. The Morgan fingerprint density at radius 3 is 3.04 bits per heavy atom. The SMILES string of the molecule is O=C1SCCN1CCC(=O)N1CCC[C@@H]1c1nnc2ccccn12. The average molecular weight is 345 g/mol. The topological polar surface area (TPSA) is 70.8 Å². The van der Waals surface area contributed by atoms with E-state index in [0.717, 1.165) is 43.2 Å². The monoisotopic (exact) mass is 345 g/mol. The number of likely N-dealkylation sites (tertiary alicyclic amines) is 1. The summed E-state index contributed by atoms with van der Waals surface area (Å²) in [6.07, 6.45) is 4.18. The van der Waals surface area contributed by atoms with Crippen molar-refractivity contribution in [1.82, 2.24) is 24.4 Å². The van der Waals surface area contributed by atoms with Crippen molar-refractivity contribution in [2.45, 2.75) is 25.3 Å². The summed E-state index contributed by atoms with van der Waals surface area (Å²) in [7, 11) is 0. The lowest BCUT2D eigenvalue weighted by Crippen LogP contribution is -2.35. The Morgan fingerprint density at radius 2 is 2.21 bits per heavy atom. The van der Waals surface area contributed by atoms with Gasteiger partial charge < -0.3 is 9.80 Å². The fraction of sp³-hybridized carbons (Fsp3) is 0.500. The summed E-state index contributed by atoms with van der Waals surface area (Å²) < 4.78 is 1.96. The van der Waals surface area contributed by atoms with E-state index in [2.05, 4.69) is 10.2 Å². The molecule has 2 aromatic heterocycles. The smallest absolute Gasteiger partial charge is 0.281 e. The van der Waals surface area contributed by atoms with Gasteiger partial charge in [-0.1, -0.05) is 17.8 Å². The third kappa shape index (κ3) is 2.75. The van der Waals surface area contributed by atoms with E-state index in [9.17, 15) is 9.59 Å². The van der Waals surface area contributed by atoms with Crippen LogP contribution in [-0.4, -0.2) is 60.9 Å². The van der Waals surface area contributed by atoms with Gasteiger partial charge in [0.2, 0.25) is 5.91 Å². The molecule has 126 valence electrons. The molecule has 0 aromatic carbocycles. The lowest BCUT2D eigenvalue weighted by Gasteiger charge is -2.24. The van der Waals surface area contributed by atoms with Crippen molar-refractivity contribution in [3.63, 3.8) is 0 Å². The number of nitrogens with zero attached hydrogens (tertiary/aromatic N) is 5. The third-order valence-corrected chi connectivity index (χ3v) is 5.54. The molecule has 4 rings (SSSR count). The summed E-state index contributed by atoms with van der Waals surface area (Å²) in [6, 6.07) is 5.75. The summed E-state index contributed by atoms with van der Waals surface area (Å²) in [5, 5.41) is 8.59. The van der Waals surface area contributed by atoms with Crippen molar-refractivity contribution in [2.24, 2.45) is 0 Å². The first-order valence-electron chi connectivity index (χ1n) is 8.25. The molecule has 0 bridgehead atoms. The van der Waals surface area contributed by atoms with Crippen LogP contribution in [0, 0.1) is 0 Å². The Labute approximate surface area is 144 Å². The van der Waals surface area contributed by atoms with Crippen LogP contribution in [0.15, 0.2) is 24.4 Å². The Kier molecular flexibility index (Phi) is 4.13. The second-order valence-electron chi connectivity index (χ2n) is 6.08. The first-order chi connectivity index (χ1) is 11.7. The van der Waals surface area contributed by atoms with Crippen LogP contribution in [0.4, 0.5) is 4.79 Å². The van der Waals surface area contributed by atoms with Gasteiger partial charge in [-0.15, -0.1) is 10.2 Å². The van der Waals surface area contributed by atoms with E-state index in [0.29, 0.717) is 13.0 Å². The maximum Gasteiger partial charge on any atom is 0.281 e. The van der Waals surface area contributed by atoms with E-state index >= 15 is 0 Å². The molecule has 2 fully saturated rings. The Balaban J connectivity index is 1.48. The molecule has 8 heteroatoms. The predicted octanol–water partition coefficient (Wildman–Crippen LogP) is 1.95. The quantitative estimate of drug-likeness (QED) is 0.847. The molecule has 0 N–H and O–H groups in total. The maximum absolute atomic E-state index is 12.7. The summed E-state index contributed by atoms with van der Waals surface area (Å²) in [5.74, 6) is 1.74. The number of hydrogen-bond acceptors (Lipinski definition) is 5. The molecule has 0 aliphatic carbocycles. The fourth-order valence-electron chi connectivity index (χ4n) is 3.42. The number of amides is 2. The second-order valence-corrected chi connectivity index (χ2v) is 7.13. The normalized spacial score (nSPS) is 21.2. The molecule has 0 spiro atoms. The van der Waals surface area contributed by atoms with E-state index < -0.39 is 0 Å². The van der Waals surface area contributed by atoms with Crippen molar-refractivity contribution in [2.75, 3.05) is 25.4 Å². The standard InChI is InChI=1S/C16H19N5O2S/c22-14(6-9-19-10-11-24-16(19)23)20-8-3-4-12(20)15-18-17-13-5-1-2-7-21(13)15/h1-2,5,7,12H,3-4,6,8-11H2/t12-/m1/s1. The van der Waals surface area contributed by atoms with Crippen LogP contribution in [0.5, 0.6) is 0 Å². The van der Waals surface area contributed by atoms with Crippen molar-refractivity contribution in [1.29, 1.82) is 0 Å². The highest BCUT2D eigenvalue weighted by Crippen LogP contribution is 2.31. The third-order valence-electron chi connectivity index (χ3n) is 4.65. The van der Waals surface area contributed by atoms with Crippen LogP contribution < -0.4 is 0 Å². The number of aromatic nitrogens is 3. The minimum Gasteiger partial charge on any atom is -0.332 e. The molecule has 24 heavy (non-hydrogen) atoms. The van der Waals surface area contributed by atoms with Gasteiger partial charge in [-0.3, -0.25) is 14.0 Å². The first-order valence-corrected chi connectivity index (χ1v) is 9.23. The van der Waals surface area contributed by atoms with E-state index in [1.54, 1.807) is 4.90 Å². The van der Waals surface area contributed by atoms with Crippen molar-refractivity contribution < 1.29 is 9.59 Å². The van der Waals surface area contributed by atoms with Crippen LogP contribution in [0.3, 0.4) is 0 Å². The highest BCUT2D eigenvalue weighted by Gasteiger charge is 2.33. The highest BCUT2D eigenvalue weighted by molar-refractivity contribution is 8.13. The van der Waals surface area contributed by atoms with Gasteiger partial charge in [-0.25, -0.2) is 0 Å². The molecule has 4 heterocycles. The summed E-state index contributed by atoms with van der Waals surface area (Å²) in [4.78, 5) is 28.0. The van der Waals surface area contributed by atoms with Crippen LogP contribution in [0.1, 0.15) is 31.1 Å². The number of fused-ring (bicyclic) bond motifs is 1. The molecule has 0 radical (unpaired) electrons. The minimum absolute atomic E-state index is 0.0291. The van der Waals surface area contributed by atoms with Gasteiger partial charge in [-0.2, -0.15) is 0 Å². The lowest BCUT2D eigenvalue weighted by molar-refractivity contribution is -0.132. The first kappa shape index (κ1) is 15.4. The van der Waals surface area contributed by atoms with Crippen LogP contribution in [0.25, 0.3) is 5.65 Å². The van der Waals surface area contributed by atoms with Gasteiger partial charge in [0.05, 0.1) is 6.04 Å². The van der Waals surface area contributed by atoms with Crippen molar-refractivity contribution in [3.05, 3.63) is 30.2 Å². The van der Waals surface area contributed by atoms with Gasteiger partial charge in [0, 0.05) is 38.0 Å². The summed E-state index contributed by atoms with van der Waals surface area (Å²) in [6.45, 7) is 2.00. The Morgan fingerprint density at radius 1 is 1.29 bits per heavy atom. The zero-order chi connectivity index (χ0) is 16.5. The van der Waals surface area contributed by atoms with Gasteiger partial charge in [0.1, 0.15) is 0 Å². The molecule has 2 aliphatic rings. The zero-order valence-corrected chi connectivity index (χ0v) is 14.1. The largest absolute Gasteiger partial charge is 0.332 e. The molecule has 0 unspecified atom stereocenters. The number of rotatable bonds is 4. The minimum atomic E-state index is -0.0291. The van der Waals surface area contributed by atoms with Crippen LogP contribution >= 0.6 is 11.8 Å². The molecule has 0 saturated carbocycles. The molecule has 2 amide bonds. The number of hydrogen-bond donors (Lipinski definition) is 0. The summed E-state index contributed by atoms with van der Waals surface area (Å²) in [5.41, 5.74) is 0.798. The molecule has 2 saturated heterocycles. The van der Waals surface area contributed by atoms with Gasteiger partial charge in [-0.05, 0) is 25.0 Å². The predicted molar refractivity (Wildman–Crippen MR) is 90.7 cm³/mol. The summed E-state index contributed by atoms with van der Waals surface area (Å²) >= 11 is 1.33. The maximum atomic E-state index is 12.7. The number of pyridine rings is 1. The molecule has 1 atom stereocenters. The van der Waals surface area contributed by atoms with Gasteiger partial charge in [0.25, 0.3) is 5.24 Å². The zero-order valence-electron chi connectivity index (χ0n) is 13.3. The molecular weight excluding hydrogens is 326 g/mol. The van der Waals surface area contributed by atoms with E-state index in [-0.39, 0.29) is 17.2 Å².